The predicted molar refractivity (Wildman–Crippen MR) is 293 cm³/mol. The maximum Gasteiger partial charge on any atom is 0.167 e. The summed E-state index contributed by atoms with van der Waals surface area (Å²) < 4.78 is 83.1. The van der Waals surface area contributed by atoms with E-state index in [2.05, 4.69) is 13.8 Å². The molecule has 1 aliphatic rings. The molecule has 4 aromatic carbocycles. The van der Waals surface area contributed by atoms with E-state index in [0.717, 1.165) is 92.7 Å². The topological polar surface area (TPSA) is 143 Å². The highest BCUT2D eigenvalue weighted by molar-refractivity contribution is 5.88. The van der Waals surface area contributed by atoms with Crippen molar-refractivity contribution < 1.29 is 26.3 Å². The van der Waals surface area contributed by atoms with E-state index in [1.165, 1.54) is 0 Å². The minimum atomic E-state index is -0.684. The van der Waals surface area contributed by atoms with Gasteiger partial charge in [0.25, 0.3) is 0 Å². The molecule has 406 valence electrons. The van der Waals surface area contributed by atoms with Gasteiger partial charge < -0.3 is 0 Å². The van der Waals surface area contributed by atoms with E-state index in [1.807, 2.05) is 52.8 Å². The van der Waals surface area contributed by atoms with E-state index in [0.29, 0.717) is 64.8 Å². The molecule has 0 bridgehead atoms. The number of aryl methyl sites for hydroxylation is 7. The molecule has 0 aromatic heterocycles. The molecule has 0 saturated carbocycles. The van der Waals surface area contributed by atoms with Crippen LogP contribution in [0.4, 0.5) is 26.3 Å². The second kappa shape index (κ2) is 53.9. The maximum atomic E-state index is 14.3. The number of nitrogens with zero attached hydrogens (tertiary/aromatic N) is 6. The van der Waals surface area contributed by atoms with Gasteiger partial charge in [-0.1, -0.05) is 206 Å². The lowest BCUT2D eigenvalue weighted by Crippen LogP contribution is -2.17. The van der Waals surface area contributed by atoms with Gasteiger partial charge in [-0.3, -0.25) is 0 Å². The molecule has 5 rings (SSSR count). The van der Waals surface area contributed by atoms with Gasteiger partial charge in [0.15, 0.2) is 34.9 Å². The molecule has 0 spiro atoms. The maximum absolute atomic E-state index is 14.3. The van der Waals surface area contributed by atoms with Gasteiger partial charge in [0, 0.05) is 37.7 Å². The minimum absolute atomic E-state index is 0. The highest BCUT2D eigenvalue weighted by Gasteiger charge is 2.25. The first kappa shape index (κ1) is 97.6. The summed E-state index contributed by atoms with van der Waals surface area (Å²) in [7, 11) is 0. The molecule has 0 amide bonds. The third-order valence-corrected chi connectivity index (χ3v) is 9.96. The highest BCUT2D eigenvalue weighted by atomic mass is 19.2. The van der Waals surface area contributed by atoms with Gasteiger partial charge in [0.05, 0.1) is 0 Å². The molecule has 12 heteroatoms. The fourth-order valence-electron chi connectivity index (χ4n) is 7.31. The molecule has 0 heterocycles. The Hall–Kier alpha value is -5.02. The van der Waals surface area contributed by atoms with E-state index >= 15 is 0 Å². The van der Waals surface area contributed by atoms with Gasteiger partial charge in [0.2, 0.25) is 0 Å². The smallest absolute Gasteiger partial charge is 0.167 e. The molecule has 4 aromatic rings. The average molecular weight is 990 g/mol. The molecular formula is C57H106F6N6. The molecule has 0 saturated heterocycles. The summed E-state index contributed by atoms with van der Waals surface area (Å²) in [6, 6.07) is 11.0. The number of fused-ring (bicyclic) bond motifs is 2. The Morgan fingerprint density at radius 2 is 0.754 bits per heavy atom. The summed E-state index contributed by atoms with van der Waals surface area (Å²) in [5, 5.41) is 37.3. The number of benzene rings is 4. The summed E-state index contributed by atoms with van der Waals surface area (Å²) in [6.07, 6.45) is 12.7. The molecule has 6 nitrogen and oxygen atoms in total. The summed E-state index contributed by atoms with van der Waals surface area (Å²) in [4.78, 5) is 0. The van der Waals surface area contributed by atoms with Crippen LogP contribution in [0.5, 0.6) is 0 Å². The Labute approximate surface area is 423 Å². The minimum Gasteiger partial charge on any atom is -0.203 e. The van der Waals surface area contributed by atoms with Gasteiger partial charge >= 0.3 is 0 Å². The molecule has 69 heavy (non-hydrogen) atoms. The molecule has 1 atom stereocenters. The lowest BCUT2D eigenvalue weighted by Gasteiger charge is -2.25. The van der Waals surface area contributed by atoms with Crippen molar-refractivity contribution in [1.29, 1.82) is 32.4 Å². The van der Waals surface area contributed by atoms with Crippen LogP contribution in [0.15, 0.2) is 36.4 Å². The van der Waals surface area contributed by atoms with E-state index in [4.69, 9.17) is 32.4 Å². The SMILES string of the molecule is C.C.C.C.C.C.C.C.C.C.C.C.CCCc1cc2c(c(F)c1F)CC(CCC)CC2.CCCc1cc2ccc(CCC)c(C)c2c(F)c1F.CCCc1ccc(CCC)c(F)c1F.N#N.N#N.N#N. The lowest BCUT2D eigenvalue weighted by atomic mass is 9.80. The first-order chi connectivity index (χ1) is 27.5. The van der Waals surface area contributed by atoms with Crippen molar-refractivity contribution >= 4 is 10.8 Å². The quantitative estimate of drug-likeness (QED) is 0.102. The lowest BCUT2D eigenvalue weighted by molar-refractivity contribution is 0.400. The third kappa shape index (κ3) is 27.7. The van der Waals surface area contributed by atoms with Crippen molar-refractivity contribution in [2.24, 2.45) is 5.92 Å². The third-order valence-electron chi connectivity index (χ3n) is 9.96. The second-order valence-corrected chi connectivity index (χ2v) is 14.1. The van der Waals surface area contributed by atoms with E-state index < -0.39 is 34.9 Å². The number of rotatable bonds is 12. The fourth-order valence-corrected chi connectivity index (χ4v) is 7.31. The second-order valence-electron chi connectivity index (χ2n) is 14.1. The average Bonchev–Trinajstić information content (AvgIpc) is 3.23. The van der Waals surface area contributed by atoms with Crippen LogP contribution in [0.3, 0.4) is 0 Å². The van der Waals surface area contributed by atoms with Crippen LogP contribution in [0.2, 0.25) is 0 Å². The van der Waals surface area contributed by atoms with Crippen molar-refractivity contribution in [2.75, 3.05) is 0 Å². The van der Waals surface area contributed by atoms with Crippen molar-refractivity contribution in [3.63, 3.8) is 0 Å². The zero-order valence-corrected chi connectivity index (χ0v) is 34.6. The van der Waals surface area contributed by atoms with E-state index in [9.17, 15) is 26.3 Å². The van der Waals surface area contributed by atoms with Gasteiger partial charge in [-0.2, -0.15) is 0 Å². The van der Waals surface area contributed by atoms with E-state index in [1.54, 1.807) is 18.2 Å². The first-order valence-electron chi connectivity index (χ1n) is 19.9. The van der Waals surface area contributed by atoms with Crippen LogP contribution in [0, 0.1) is 80.1 Å². The normalized spacial score (nSPS) is 10.2. The van der Waals surface area contributed by atoms with E-state index in [-0.39, 0.29) is 89.1 Å². The fraction of sp³-hybridized carbons (Fsp3) is 0.614. The molecular weight excluding hydrogens is 883 g/mol. The van der Waals surface area contributed by atoms with Crippen molar-refractivity contribution in [1.82, 2.24) is 0 Å². The van der Waals surface area contributed by atoms with Crippen LogP contribution < -0.4 is 0 Å². The van der Waals surface area contributed by atoms with Crippen molar-refractivity contribution in [3.8, 4) is 0 Å². The zero-order chi connectivity index (χ0) is 43.7. The molecule has 0 radical (unpaired) electrons. The molecule has 0 N–H and O–H groups in total. The van der Waals surface area contributed by atoms with Crippen molar-refractivity contribution in [2.45, 2.75) is 234 Å². The van der Waals surface area contributed by atoms with Crippen LogP contribution in [-0.2, 0) is 44.9 Å². The number of hydrogen-bond donors (Lipinski definition) is 0. The van der Waals surface area contributed by atoms with Crippen LogP contribution in [0.25, 0.3) is 10.8 Å². The summed E-state index contributed by atoms with van der Waals surface area (Å²) >= 11 is 0. The predicted octanol–water partition coefficient (Wildman–Crippen LogP) is 21.7. The van der Waals surface area contributed by atoms with Gasteiger partial charge in [0.1, 0.15) is 0 Å². The number of hydrogen-bond acceptors (Lipinski definition) is 6. The zero-order valence-electron chi connectivity index (χ0n) is 34.6. The molecule has 0 fully saturated rings. The summed E-state index contributed by atoms with van der Waals surface area (Å²) in [6.45, 7) is 14.0. The largest absolute Gasteiger partial charge is 0.203 e. The molecule has 1 aliphatic carbocycles. The highest BCUT2D eigenvalue weighted by Crippen LogP contribution is 2.33. The monoisotopic (exact) mass is 989 g/mol. The van der Waals surface area contributed by atoms with Gasteiger partial charge in [-0.15, -0.1) is 0 Å². The standard InChI is InChI=1S/C17H20F2.C16H22F2.C12H16F2.12CH4.3N2/c1-4-6-12-8-9-13-10-14(7-5-2)16(18)17(19)15(13)11(12)3;1-3-5-11-7-8-12-10-13(6-4-2)15(17)16(18)14(12)9-11;1-3-5-9-7-8-10(6-4-2)12(14)11(9)13;;;;;;;;;;;;;3*1-2/h8-10H,4-7H2,1-3H3;10-11H,3-9H2,1-2H3;7-8H,3-6H2,1-2H3;12*1H4;;;. The Morgan fingerprint density at radius 1 is 0.420 bits per heavy atom. The number of halogens is 6. The van der Waals surface area contributed by atoms with Crippen molar-refractivity contribution in [3.05, 3.63) is 116 Å². The van der Waals surface area contributed by atoms with Crippen LogP contribution in [-0.4, -0.2) is 0 Å². The molecule has 0 aliphatic heterocycles. The first-order valence-corrected chi connectivity index (χ1v) is 19.9. The van der Waals surface area contributed by atoms with Crippen LogP contribution >= 0.6 is 0 Å². The Kier molecular flexibility index (Phi) is 76.3. The summed E-state index contributed by atoms with van der Waals surface area (Å²) in [5.41, 5.74) is 5.70. The van der Waals surface area contributed by atoms with Gasteiger partial charge in [-0.05, 0) is 120 Å². The van der Waals surface area contributed by atoms with Gasteiger partial charge in [-0.25, -0.2) is 26.3 Å². The summed E-state index contributed by atoms with van der Waals surface area (Å²) in [5.74, 6) is -3.31. The molecule has 1 unspecified atom stereocenters. The Morgan fingerprint density at radius 3 is 1.14 bits per heavy atom. The Bertz CT molecular complexity index is 1850. The Balaban J connectivity index is -0.0000000546. The van der Waals surface area contributed by atoms with Crippen LogP contribution in [0.1, 0.15) is 227 Å².